The Morgan fingerprint density at radius 3 is 1.70 bits per heavy atom. The number of hydrogen-bond donors (Lipinski definition) is 12. The molecule has 3 rings (SSSR count). The van der Waals surface area contributed by atoms with Gasteiger partial charge >= 0.3 is 0 Å². The monoisotopic (exact) mass is 1570 g/mol. The lowest BCUT2D eigenvalue weighted by atomic mass is 10.00. The van der Waals surface area contributed by atoms with Gasteiger partial charge in [-0.25, -0.2) is 0 Å². The first-order valence-electron chi connectivity index (χ1n) is 37.8. The van der Waals surface area contributed by atoms with Crippen LogP contribution in [0.2, 0.25) is 0 Å². The summed E-state index contributed by atoms with van der Waals surface area (Å²) in [6.07, 6.45) is 1.77. The van der Waals surface area contributed by atoms with E-state index in [0.717, 1.165) is 27.9 Å². The van der Waals surface area contributed by atoms with Gasteiger partial charge in [-0.05, 0) is 88.1 Å². The van der Waals surface area contributed by atoms with Crippen LogP contribution in [0.25, 0.3) is 0 Å². The van der Waals surface area contributed by atoms with Gasteiger partial charge in [-0.15, -0.1) is 11.8 Å². The number of aliphatic hydroxyl groups excluding tert-OH is 1. The Balaban J connectivity index is 1.81. The van der Waals surface area contributed by atoms with Crippen molar-refractivity contribution in [1.29, 1.82) is 0 Å². The molecule has 0 bridgehead atoms. The summed E-state index contributed by atoms with van der Waals surface area (Å²) in [5.74, 6) is -9.31. The van der Waals surface area contributed by atoms with Crippen LogP contribution >= 0.6 is 11.8 Å². The normalized spacial score (nSPS) is 14.9. The lowest BCUT2D eigenvalue weighted by molar-refractivity contribution is -0.148. The zero-order valence-electron chi connectivity index (χ0n) is 65.9. The van der Waals surface area contributed by atoms with Crippen LogP contribution in [0.4, 0.5) is 5.69 Å². The van der Waals surface area contributed by atoms with E-state index in [2.05, 4.69) is 42.5 Å². The van der Waals surface area contributed by atoms with Crippen LogP contribution in [0.15, 0.2) is 48.5 Å². The number of likely N-dealkylation sites (tertiary alicyclic amines) is 1. The molecule has 2 aromatic carbocycles. The highest BCUT2D eigenvalue weighted by molar-refractivity contribution is 8.00. The number of nitrogens with one attached hydrogen (secondary N) is 8. The Hall–Kier alpha value is -8.29. The number of nitrogens with two attached hydrogens (primary N) is 1. The Morgan fingerprint density at radius 1 is 0.600 bits per heavy atom. The van der Waals surface area contributed by atoms with Crippen LogP contribution in [-0.4, -0.2) is 305 Å². The van der Waals surface area contributed by atoms with E-state index in [1.807, 2.05) is 58.9 Å². The molecule has 1 heterocycles. The summed E-state index contributed by atoms with van der Waals surface area (Å²) in [4.78, 5) is 172. The van der Waals surface area contributed by atoms with Gasteiger partial charge in [-0.3, -0.25) is 57.5 Å². The molecule has 1 saturated heterocycles. The maximum Gasteiger partial charge on any atom is 0.246 e. The standard InChI is InChI=1S/C75H123N13O21S/c1-12-14-21-60(86(10)75(103)62(22-15-13-2)87(11)72(100)51(6)80-55-20-17-16-19-50(55)5)71(99)82-56(43-49(3)4)69(97)84-59(68(96)79-46-64(91)78-29-32-105-34-36-107-38-40-109-42-41-108-39-37-106-35-33-104-31-28-66(93)94)47-110-48-65(92)81-57(44-53-24-26-54(89)27-25-53)73(101)85(9)52(7)67(95)83-58(45-63(76)90)74(102)88-30-18-23-61(88)70(98)77-8/h16-17,19-20,24-27,49,51-52,56-62,66,80,89,93-94H,12-15,18,21-23,28-48H2,1-11H3,(H2,76,90)(H,77,98)(H,78,91)(H,79,96)(H,81,92)(H,82,99)(H,83,95)(H,84,97)/t51-,52+,56+,57+,58+,59+,60+,61+,62+/m1/s1. The molecular weight excluding hydrogens is 1450 g/mol. The van der Waals surface area contributed by atoms with Gasteiger partial charge in [0.1, 0.15) is 60.1 Å². The maximum absolute atomic E-state index is 14.8. The number of amides is 12. The van der Waals surface area contributed by atoms with Gasteiger partial charge in [0.25, 0.3) is 0 Å². The number of nitrogens with zero attached hydrogens (tertiary/aromatic N) is 4. The SMILES string of the molecule is CCCC[C@@H](C(=O)N(C)[C@@H](CCCC)C(=O)N[C@@H](CC(C)C)C(=O)N[C@@H](CSCC(=O)N[C@@H](Cc1ccc(O)cc1)C(=O)N(C)[C@@H](C)C(=O)N[C@@H](CC(N)=O)C(=O)N1CCC[C@H]1C(=O)NC)C(=O)NCC(=O)NCCOCCOCCOCCOCCOCCOCCC(O)O)N(C)C(=O)[C@@H](C)Nc1ccccc1C. The van der Waals surface area contributed by atoms with E-state index in [1.165, 1.54) is 67.0 Å². The third kappa shape index (κ3) is 36.3. The van der Waals surface area contributed by atoms with Gasteiger partial charge in [0.05, 0.1) is 98.0 Å². The van der Waals surface area contributed by atoms with Crippen LogP contribution in [0.1, 0.15) is 123 Å². The first-order valence-corrected chi connectivity index (χ1v) is 39.0. The molecule has 1 aliphatic heterocycles. The molecule has 12 amide bonds. The molecule has 1 aliphatic rings. The molecule has 0 spiro atoms. The van der Waals surface area contributed by atoms with Crippen LogP contribution < -0.4 is 48.3 Å². The summed E-state index contributed by atoms with van der Waals surface area (Å²) < 4.78 is 32.7. The summed E-state index contributed by atoms with van der Waals surface area (Å²) in [6.45, 7) is 15.6. The summed E-state index contributed by atoms with van der Waals surface area (Å²) in [7, 11) is 5.77. The number of para-hydroxylation sites is 1. The van der Waals surface area contributed by atoms with Crippen LogP contribution in [0.3, 0.4) is 0 Å². The number of hydrogen-bond acceptors (Lipinski definition) is 23. The second-order valence-corrected chi connectivity index (χ2v) is 28.4. The fourth-order valence-corrected chi connectivity index (χ4v) is 12.5. The van der Waals surface area contributed by atoms with Crippen molar-refractivity contribution >= 4 is 88.3 Å². The minimum Gasteiger partial charge on any atom is -0.508 e. The predicted molar refractivity (Wildman–Crippen MR) is 411 cm³/mol. The second kappa shape index (κ2) is 53.6. The molecule has 0 aliphatic carbocycles. The molecule has 110 heavy (non-hydrogen) atoms. The zero-order chi connectivity index (χ0) is 81.7. The fraction of sp³-hybridized carbons (Fsp3) is 0.680. The number of aryl methyl sites for hydroxylation is 1. The lowest BCUT2D eigenvalue weighted by Crippen LogP contribution is -2.59. The molecule has 0 unspecified atom stereocenters. The number of likely N-dealkylation sites (N-methyl/N-ethyl adjacent to an activating group) is 4. The van der Waals surface area contributed by atoms with Crippen LogP contribution in [0, 0.1) is 12.8 Å². The Morgan fingerprint density at radius 2 is 1.15 bits per heavy atom. The Bertz CT molecular complexity index is 3180. The van der Waals surface area contributed by atoms with Crippen molar-refractivity contribution in [2.75, 3.05) is 144 Å². The molecule has 0 aromatic heterocycles. The van der Waals surface area contributed by atoms with Crippen molar-refractivity contribution in [3.8, 4) is 5.75 Å². The van der Waals surface area contributed by atoms with Crippen molar-refractivity contribution in [3.05, 3.63) is 59.7 Å². The van der Waals surface area contributed by atoms with E-state index in [9.17, 15) is 62.6 Å². The first kappa shape index (κ1) is 95.9. The number of carbonyl (C=O) groups is 12. The van der Waals surface area contributed by atoms with Gasteiger partial charge in [-0.2, -0.15) is 0 Å². The molecule has 0 saturated carbocycles. The summed E-state index contributed by atoms with van der Waals surface area (Å²) >= 11 is 0.868. The van der Waals surface area contributed by atoms with Crippen LogP contribution in [0.5, 0.6) is 5.75 Å². The average molecular weight is 1570 g/mol. The number of carbonyl (C=O) groups excluding carboxylic acids is 12. The molecule has 13 N–H and O–H groups in total. The number of ether oxygens (including phenoxy) is 6. The number of anilines is 1. The molecule has 1 fully saturated rings. The first-order chi connectivity index (χ1) is 52.4. The number of benzene rings is 2. The quantitative estimate of drug-likeness (QED) is 0.0306. The third-order valence-electron chi connectivity index (χ3n) is 18.1. The van der Waals surface area contributed by atoms with Gasteiger partial charge in [0.15, 0.2) is 6.29 Å². The smallest absolute Gasteiger partial charge is 0.246 e. The van der Waals surface area contributed by atoms with E-state index < -0.39 is 144 Å². The van der Waals surface area contributed by atoms with Crippen molar-refractivity contribution in [2.45, 2.75) is 186 Å². The number of unbranched alkanes of at least 4 members (excludes halogenated alkanes) is 2. The largest absolute Gasteiger partial charge is 0.508 e. The molecule has 620 valence electrons. The van der Waals surface area contributed by atoms with E-state index in [1.54, 1.807) is 14.0 Å². The second-order valence-electron chi connectivity index (χ2n) is 27.3. The number of thioether (sulfide) groups is 1. The third-order valence-corrected chi connectivity index (χ3v) is 19.1. The van der Waals surface area contributed by atoms with Gasteiger partial charge in [0, 0.05) is 65.6 Å². The zero-order valence-corrected chi connectivity index (χ0v) is 66.8. The number of aliphatic hydroxyl groups is 2. The van der Waals surface area contributed by atoms with E-state index in [0.29, 0.717) is 96.8 Å². The highest BCUT2D eigenvalue weighted by Gasteiger charge is 2.41. The highest BCUT2D eigenvalue weighted by Crippen LogP contribution is 2.23. The van der Waals surface area contributed by atoms with Crippen molar-refractivity contribution in [1.82, 2.24) is 56.8 Å². The predicted octanol–water partition coefficient (Wildman–Crippen LogP) is -0.0113. The highest BCUT2D eigenvalue weighted by atomic mass is 32.2. The summed E-state index contributed by atoms with van der Waals surface area (Å²) in [5.41, 5.74) is 7.68. The van der Waals surface area contributed by atoms with Crippen molar-refractivity contribution in [3.63, 3.8) is 0 Å². The van der Waals surface area contributed by atoms with Gasteiger partial charge in [-0.1, -0.05) is 83.7 Å². The van der Waals surface area contributed by atoms with E-state index in [4.69, 9.17) is 44.4 Å². The number of primary amides is 1. The number of phenolic OH excluding ortho intramolecular Hbond substituents is 1. The van der Waals surface area contributed by atoms with E-state index >= 15 is 0 Å². The molecule has 35 heteroatoms. The minimum absolute atomic E-state index is 0.0463. The molecule has 2 aromatic rings. The fourth-order valence-electron chi connectivity index (χ4n) is 11.6. The molecule has 0 radical (unpaired) electrons. The number of rotatable bonds is 57. The Labute approximate surface area is 650 Å². The average Bonchev–Trinajstić information content (AvgIpc) is 1.43. The van der Waals surface area contributed by atoms with Gasteiger partial charge < -0.3 is 112 Å². The maximum atomic E-state index is 14.8. The van der Waals surface area contributed by atoms with Crippen molar-refractivity contribution < 1.29 is 101 Å². The number of phenols is 1. The minimum atomic E-state index is -1.50. The summed E-state index contributed by atoms with van der Waals surface area (Å²) in [5, 5.41) is 49.6. The Kier molecular flexibility index (Phi) is 46.7. The number of aromatic hydroxyl groups is 1. The van der Waals surface area contributed by atoms with Crippen LogP contribution in [-0.2, 0) is 92.4 Å². The lowest BCUT2D eigenvalue weighted by Gasteiger charge is -2.36. The molecule has 9 atom stereocenters. The molecular formula is C75H123N13O21S. The van der Waals surface area contributed by atoms with Gasteiger partial charge in [0.2, 0.25) is 70.9 Å². The van der Waals surface area contributed by atoms with E-state index in [-0.39, 0.29) is 95.1 Å². The van der Waals surface area contributed by atoms with Crippen molar-refractivity contribution in [2.24, 2.45) is 11.7 Å². The molecule has 34 nitrogen and oxygen atoms in total. The summed E-state index contributed by atoms with van der Waals surface area (Å²) in [6, 6.07) is 2.66. The topological polar surface area (TPSA) is 456 Å².